The van der Waals surface area contributed by atoms with E-state index in [1.165, 1.54) is 0 Å². The van der Waals surface area contributed by atoms with Gasteiger partial charge in [-0.25, -0.2) is 4.98 Å². The topological polar surface area (TPSA) is 64.4 Å². The molecule has 0 unspecified atom stereocenters. The second-order valence-corrected chi connectivity index (χ2v) is 5.66. The van der Waals surface area contributed by atoms with Gasteiger partial charge in [-0.15, -0.1) is 0 Å². The molecular weight excluding hydrogens is 348 g/mol. The number of imidazole rings is 1. The Hall–Kier alpha value is -2.34. The fourth-order valence-electron chi connectivity index (χ4n) is 2.43. The smallest absolute Gasteiger partial charge is 0.323 e. The minimum Gasteiger partial charge on any atom is -0.496 e. The van der Waals surface area contributed by atoms with Crippen molar-refractivity contribution in [1.29, 1.82) is 0 Å². The van der Waals surface area contributed by atoms with Gasteiger partial charge in [0.2, 0.25) is 0 Å². The van der Waals surface area contributed by atoms with Crippen LogP contribution in [0.4, 0.5) is 0 Å². The fraction of sp³-hybridized carbons (Fsp3) is 0.125. The van der Waals surface area contributed by atoms with Gasteiger partial charge in [0.25, 0.3) is 0 Å². The van der Waals surface area contributed by atoms with Gasteiger partial charge in [0, 0.05) is 4.47 Å². The van der Waals surface area contributed by atoms with Gasteiger partial charge >= 0.3 is 5.97 Å². The van der Waals surface area contributed by atoms with Crippen LogP contribution in [0.15, 0.2) is 46.9 Å². The molecule has 0 saturated carbocycles. The van der Waals surface area contributed by atoms with Crippen LogP contribution in [0, 0.1) is 0 Å². The lowest BCUT2D eigenvalue weighted by atomic mass is 10.2. The predicted molar refractivity (Wildman–Crippen MR) is 87.1 cm³/mol. The first-order chi connectivity index (χ1) is 10.6. The summed E-state index contributed by atoms with van der Waals surface area (Å²) >= 11 is 3.43. The number of hydrogen-bond acceptors (Lipinski definition) is 3. The van der Waals surface area contributed by atoms with Crippen LogP contribution in [0.3, 0.4) is 0 Å². The molecule has 112 valence electrons. The summed E-state index contributed by atoms with van der Waals surface area (Å²) in [4.78, 5) is 15.8. The molecule has 0 fully saturated rings. The number of benzene rings is 2. The lowest BCUT2D eigenvalue weighted by Gasteiger charge is -2.11. The van der Waals surface area contributed by atoms with Crippen molar-refractivity contribution in [2.75, 3.05) is 7.11 Å². The zero-order valence-electron chi connectivity index (χ0n) is 11.8. The Morgan fingerprint density at radius 2 is 2.09 bits per heavy atom. The molecule has 0 saturated heterocycles. The molecule has 0 atom stereocenters. The van der Waals surface area contributed by atoms with Crippen LogP contribution in [-0.2, 0) is 11.3 Å². The number of carboxylic acid groups (broad SMARTS) is 1. The van der Waals surface area contributed by atoms with Gasteiger partial charge in [0.1, 0.15) is 18.1 Å². The Balaban J connectivity index is 2.30. The van der Waals surface area contributed by atoms with Crippen molar-refractivity contribution in [2.45, 2.75) is 6.54 Å². The highest BCUT2D eigenvalue weighted by Crippen LogP contribution is 2.34. The molecule has 3 rings (SSSR count). The van der Waals surface area contributed by atoms with Crippen LogP contribution in [0.1, 0.15) is 0 Å². The SMILES string of the molecule is COc1ccc(Br)cc1-c1nc2ccccc2n1CC(=O)O. The zero-order chi connectivity index (χ0) is 15.7. The van der Waals surface area contributed by atoms with Crippen molar-refractivity contribution in [2.24, 2.45) is 0 Å². The highest BCUT2D eigenvalue weighted by molar-refractivity contribution is 9.10. The van der Waals surface area contributed by atoms with E-state index in [0.717, 1.165) is 21.1 Å². The third kappa shape index (κ3) is 2.57. The maximum absolute atomic E-state index is 11.2. The minimum absolute atomic E-state index is 0.161. The summed E-state index contributed by atoms with van der Waals surface area (Å²) in [7, 11) is 1.58. The minimum atomic E-state index is -0.918. The Labute approximate surface area is 135 Å². The number of carboxylic acids is 1. The Morgan fingerprint density at radius 1 is 1.32 bits per heavy atom. The molecule has 5 nitrogen and oxygen atoms in total. The molecule has 1 aromatic heterocycles. The molecule has 22 heavy (non-hydrogen) atoms. The van der Waals surface area contributed by atoms with E-state index in [0.29, 0.717) is 11.6 Å². The second kappa shape index (κ2) is 5.81. The second-order valence-electron chi connectivity index (χ2n) is 4.75. The molecular formula is C16H13BrN2O3. The summed E-state index contributed by atoms with van der Waals surface area (Å²) in [6.07, 6.45) is 0. The number of methoxy groups -OCH3 is 1. The average Bonchev–Trinajstić information content (AvgIpc) is 2.85. The van der Waals surface area contributed by atoms with Crippen LogP contribution >= 0.6 is 15.9 Å². The van der Waals surface area contributed by atoms with E-state index in [-0.39, 0.29) is 6.54 Å². The van der Waals surface area contributed by atoms with Gasteiger partial charge in [-0.2, -0.15) is 0 Å². The number of fused-ring (bicyclic) bond motifs is 1. The monoisotopic (exact) mass is 360 g/mol. The van der Waals surface area contributed by atoms with Gasteiger partial charge in [0.05, 0.1) is 23.7 Å². The van der Waals surface area contributed by atoms with Crippen LogP contribution in [0.25, 0.3) is 22.4 Å². The first-order valence-electron chi connectivity index (χ1n) is 6.61. The number of nitrogens with zero attached hydrogens (tertiary/aromatic N) is 2. The number of carbonyl (C=O) groups is 1. The lowest BCUT2D eigenvalue weighted by molar-refractivity contribution is -0.137. The van der Waals surface area contributed by atoms with Gasteiger partial charge in [-0.05, 0) is 30.3 Å². The molecule has 0 radical (unpaired) electrons. The maximum atomic E-state index is 11.2. The van der Waals surface area contributed by atoms with Crippen molar-refractivity contribution < 1.29 is 14.6 Å². The van der Waals surface area contributed by atoms with Crippen molar-refractivity contribution in [3.8, 4) is 17.1 Å². The molecule has 2 aromatic carbocycles. The van der Waals surface area contributed by atoms with Crippen molar-refractivity contribution >= 4 is 32.9 Å². The van der Waals surface area contributed by atoms with Gasteiger partial charge in [-0.3, -0.25) is 4.79 Å². The van der Waals surface area contributed by atoms with Crippen LogP contribution < -0.4 is 4.74 Å². The molecule has 6 heteroatoms. The number of rotatable bonds is 4. The van der Waals surface area contributed by atoms with Crippen molar-refractivity contribution in [3.63, 3.8) is 0 Å². The summed E-state index contributed by atoms with van der Waals surface area (Å²) in [5.41, 5.74) is 2.28. The van der Waals surface area contributed by atoms with E-state index < -0.39 is 5.97 Å². The Bertz CT molecular complexity index is 858. The van der Waals surface area contributed by atoms with Crippen molar-refractivity contribution in [3.05, 3.63) is 46.9 Å². The normalized spacial score (nSPS) is 10.8. The maximum Gasteiger partial charge on any atom is 0.323 e. The fourth-order valence-corrected chi connectivity index (χ4v) is 2.79. The number of halogens is 1. The Morgan fingerprint density at radius 3 is 2.82 bits per heavy atom. The highest BCUT2D eigenvalue weighted by atomic mass is 79.9. The van der Waals surface area contributed by atoms with E-state index in [1.807, 2.05) is 42.5 Å². The molecule has 0 aliphatic heterocycles. The molecule has 0 amide bonds. The largest absolute Gasteiger partial charge is 0.496 e. The van der Waals surface area contributed by atoms with Gasteiger partial charge in [0.15, 0.2) is 0 Å². The highest BCUT2D eigenvalue weighted by Gasteiger charge is 2.18. The average molecular weight is 361 g/mol. The van der Waals surface area contributed by atoms with Gasteiger partial charge < -0.3 is 14.4 Å². The lowest BCUT2D eigenvalue weighted by Crippen LogP contribution is -2.10. The molecule has 0 aliphatic carbocycles. The Kier molecular flexibility index (Phi) is 3.85. The molecule has 0 spiro atoms. The van der Waals surface area contributed by atoms with Gasteiger partial charge in [-0.1, -0.05) is 28.1 Å². The number of aromatic nitrogens is 2. The number of ether oxygens (including phenoxy) is 1. The van der Waals surface area contributed by atoms with Crippen LogP contribution in [-0.4, -0.2) is 27.7 Å². The molecule has 1 heterocycles. The first-order valence-corrected chi connectivity index (χ1v) is 7.40. The first kappa shape index (κ1) is 14.6. The number of para-hydroxylation sites is 2. The quantitative estimate of drug-likeness (QED) is 0.772. The standard InChI is InChI=1S/C16H13BrN2O3/c1-22-14-7-6-10(17)8-11(14)16-18-12-4-2-3-5-13(12)19(16)9-15(20)21/h2-8H,9H2,1H3,(H,20,21). The predicted octanol–water partition coefficient (Wildman–Crippen LogP) is 3.56. The number of hydrogen-bond donors (Lipinski definition) is 1. The summed E-state index contributed by atoms with van der Waals surface area (Å²) in [6.45, 7) is -0.161. The van der Waals surface area contributed by atoms with E-state index in [2.05, 4.69) is 20.9 Å². The summed E-state index contributed by atoms with van der Waals surface area (Å²) < 4.78 is 7.94. The summed E-state index contributed by atoms with van der Waals surface area (Å²) in [5, 5.41) is 9.21. The summed E-state index contributed by atoms with van der Waals surface area (Å²) in [6, 6.07) is 13.0. The van der Waals surface area contributed by atoms with E-state index in [4.69, 9.17) is 4.74 Å². The van der Waals surface area contributed by atoms with E-state index >= 15 is 0 Å². The van der Waals surface area contributed by atoms with Crippen LogP contribution in [0.5, 0.6) is 5.75 Å². The molecule has 1 N–H and O–H groups in total. The van der Waals surface area contributed by atoms with E-state index in [9.17, 15) is 9.90 Å². The summed E-state index contributed by atoms with van der Waals surface area (Å²) in [5.74, 6) is 0.297. The third-order valence-electron chi connectivity index (χ3n) is 3.35. The molecule has 0 bridgehead atoms. The molecule has 3 aromatic rings. The van der Waals surface area contributed by atoms with E-state index in [1.54, 1.807) is 11.7 Å². The number of aliphatic carboxylic acids is 1. The third-order valence-corrected chi connectivity index (χ3v) is 3.84. The van der Waals surface area contributed by atoms with Crippen molar-refractivity contribution in [1.82, 2.24) is 9.55 Å². The molecule has 0 aliphatic rings. The zero-order valence-corrected chi connectivity index (χ0v) is 13.4. The van der Waals surface area contributed by atoms with Crippen LogP contribution in [0.2, 0.25) is 0 Å².